The number of methoxy groups -OCH3 is 1. The molecule has 2 rings (SSSR count). The van der Waals surface area contributed by atoms with Gasteiger partial charge in [-0.25, -0.2) is 0 Å². The molecule has 1 nitrogen and oxygen atoms in total. The standard InChI is InChI=1S/C19H28OSi/c1-14-12-16(19(2,3)15-10-8-9-11-15)18(20-4)17(13-14)21(5,6)7/h8-10,12-13H,11H2,1-7H3. The lowest BCUT2D eigenvalue weighted by atomic mass is 9.76. The largest absolute Gasteiger partial charge is 0.497 e. The Balaban J connectivity index is 2.66. The summed E-state index contributed by atoms with van der Waals surface area (Å²) in [6, 6.07) is 4.63. The predicted molar refractivity (Wildman–Crippen MR) is 95.6 cm³/mol. The molecular weight excluding hydrogens is 272 g/mol. The minimum absolute atomic E-state index is 0.00919. The average molecular weight is 301 g/mol. The molecule has 0 saturated carbocycles. The lowest BCUT2D eigenvalue weighted by Gasteiger charge is -2.32. The molecule has 0 spiro atoms. The lowest BCUT2D eigenvalue weighted by Crippen LogP contribution is -2.40. The van der Waals surface area contributed by atoms with Crippen LogP contribution in [-0.2, 0) is 5.41 Å². The van der Waals surface area contributed by atoms with Crippen LogP contribution in [0.15, 0.2) is 35.9 Å². The Morgan fingerprint density at radius 2 is 1.81 bits per heavy atom. The quantitative estimate of drug-likeness (QED) is 0.732. The van der Waals surface area contributed by atoms with Gasteiger partial charge >= 0.3 is 0 Å². The monoisotopic (exact) mass is 300 g/mol. The molecule has 0 amide bonds. The molecule has 1 aromatic carbocycles. The van der Waals surface area contributed by atoms with Gasteiger partial charge in [-0.2, -0.15) is 0 Å². The average Bonchev–Trinajstić information content (AvgIpc) is 2.91. The van der Waals surface area contributed by atoms with Crippen molar-refractivity contribution in [1.29, 1.82) is 0 Å². The second-order valence-electron chi connectivity index (χ2n) is 7.59. The summed E-state index contributed by atoms with van der Waals surface area (Å²) in [4.78, 5) is 0. The number of allylic oxidation sites excluding steroid dienone is 4. The van der Waals surface area contributed by atoms with E-state index in [-0.39, 0.29) is 5.41 Å². The fraction of sp³-hybridized carbons (Fsp3) is 0.474. The van der Waals surface area contributed by atoms with Gasteiger partial charge in [-0.15, -0.1) is 0 Å². The van der Waals surface area contributed by atoms with Crippen molar-refractivity contribution in [2.24, 2.45) is 0 Å². The van der Waals surface area contributed by atoms with E-state index >= 15 is 0 Å². The second-order valence-corrected chi connectivity index (χ2v) is 12.6. The molecular formula is C19H28OSi. The van der Waals surface area contributed by atoms with Gasteiger partial charge in [0.25, 0.3) is 0 Å². The molecule has 0 unspecified atom stereocenters. The Labute approximate surface area is 130 Å². The van der Waals surface area contributed by atoms with Crippen LogP contribution >= 0.6 is 0 Å². The maximum Gasteiger partial charge on any atom is 0.122 e. The highest BCUT2D eigenvalue weighted by atomic mass is 28.3. The molecule has 0 N–H and O–H groups in total. The van der Waals surface area contributed by atoms with Crippen LogP contribution in [0.1, 0.15) is 31.4 Å². The van der Waals surface area contributed by atoms with E-state index in [0.29, 0.717) is 0 Å². The Morgan fingerprint density at radius 3 is 2.29 bits per heavy atom. The van der Waals surface area contributed by atoms with Gasteiger partial charge in [0.15, 0.2) is 0 Å². The first-order valence-electron chi connectivity index (χ1n) is 7.73. The minimum atomic E-state index is -1.44. The number of hydrogen-bond donors (Lipinski definition) is 0. The number of ether oxygens (including phenoxy) is 1. The van der Waals surface area contributed by atoms with Crippen molar-refractivity contribution in [2.75, 3.05) is 7.11 Å². The molecule has 0 saturated heterocycles. The molecule has 1 aromatic rings. The highest BCUT2D eigenvalue weighted by Gasteiger charge is 2.32. The van der Waals surface area contributed by atoms with Crippen LogP contribution in [0.2, 0.25) is 19.6 Å². The van der Waals surface area contributed by atoms with E-state index in [9.17, 15) is 0 Å². The zero-order valence-electron chi connectivity index (χ0n) is 14.5. The van der Waals surface area contributed by atoms with Crippen LogP contribution in [0.3, 0.4) is 0 Å². The number of rotatable bonds is 4. The molecule has 2 heteroatoms. The van der Waals surface area contributed by atoms with Crippen molar-refractivity contribution in [3.05, 3.63) is 47.1 Å². The lowest BCUT2D eigenvalue weighted by molar-refractivity contribution is 0.402. The topological polar surface area (TPSA) is 9.23 Å². The van der Waals surface area contributed by atoms with Gasteiger partial charge in [0, 0.05) is 11.0 Å². The molecule has 0 heterocycles. The smallest absolute Gasteiger partial charge is 0.122 e. The summed E-state index contributed by atoms with van der Waals surface area (Å²) in [5.74, 6) is 1.11. The van der Waals surface area contributed by atoms with Crippen molar-refractivity contribution in [3.63, 3.8) is 0 Å². The Hall–Kier alpha value is -1.28. The molecule has 1 aliphatic carbocycles. The Kier molecular flexibility index (Phi) is 4.21. The van der Waals surface area contributed by atoms with E-state index in [1.807, 2.05) is 7.11 Å². The van der Waals surface area contributed by atoms with Gasteiger partial charge in [-0.1, -0.05) is 75.0 Å². The van der Waals surface area contributed by atoms with Crippen molar-refractivity contribution in [2.45, 2.75) is 52.2 Å². The maximum atomic E-state index is 5.89. The molecule has 21 heavy (non-hydrogen) atoms. The SMILES string of the molecule is COc1c(C(C)(C)C2=CC=CC2)cc(C)cc1[Si](C)(C)C. The number of aryl methyl sites for hydroxylation is 1. The zero-order chi connectivity index (χ0) is 15.8. The first-order chi connectivity index (χ1) is 9.67. The molecule has 0 aromatic heterocycles. The Bertz CT molecular complexity index is 601. The van der Waals surface area contributed by atoms with E-state index in [1.165, 1.54) is 21.9 Å². The first-order valence-corrected chi connectivity index (χ1v) is 11.2. The summed E-state index contributed by atoms with van der Waals surface area (Å²) in [5, 5.41) is 1.43. The summed E-state index contributed by atoms with van der Waals surface area (Å²) in [5.41, 5.74) is 4.14. The first kappa shape index (κ1) is 16.1. The predicted octanol–water partition coefficient (Wildman–Crippen LogP) is 4.71. The fourth-order valence-corrected chi connectivity index (χ4v) is 4.68. The summed E-state index contributed by atoms with van der Waals surface area (Å²) >= 11 is 0. The summed E-state index contributed by atoms with van der Waals surface area (Å²) in [7, 11) is 0.375. The third kappa shape index (κ3) is 3.01. The van der Waals surface area contributed by atoms with E-state index in [2.05, 4.69) is 70.8 Å². The molecule has 114 valence electrons. The van der Waals surface area contributed by atoms with E-state index in [1.54, 1.807) is 0 Å². The van der Waals surface area contributed by atoms with Crippen LogP contribution in [0.4, 0.5) is 0 Å². The Morgan fingerprint density at radius 1 is 1.14 bits per heavy atom. The third-order valence-corrected chi connectivity index (χ3v) is 6.48. The summed E-state index contributed by atoms with van der Waals surface area (Å²) in [6.45, 7) is 14.0. The van der Waals surface area contributed by atoms with E-state index in [0.717, 1.165) is 12.2 Å². The summed E-state index contributed by atoms with van der Waals surface area (Å²) < 4.78 is 5.89. The maximum absolute atomic E-state index is 5.89. The van der Waals surface area contributed by atoms with Crippen LogP contribution in [0.5, 0.6) is 5.75 Å². The van der Waals surface area contributed by atoms with Crippen LogP contribution in [0, 0.1) is 6.92 Å². The van der Waals surface area contributed by atoms with Crippen molar-refractivity contribution >= 4 is 13.3 Å². The van der Waals surface area contributed by atoms with E-state index < -0.39 is 8.07 Å². The fourth-order valence-electron chi connectivity index (χ4n) is 3.10. The van der Waals surface area contributed by atoms with Gasteiger partial charge in [0.1, 0.15) is 5.75 Å². The molecule has 0 atom stereocenters. The molecule has 0 radical (unpaired) electrons. The second kappa shape index (κ2) is 5.49. The van der Waals surface area contributed by atoms with Gasteiger partial charge in [-0.05, 0) is 18.5 Å². The molecule has 1 aliphatic rings. The van der Waals surface area contributed by atoms with E-state index in [4.69, 9.17) is 4.74 Å². The molecule has 0 aliphatic heterocycles. The van der Waals surface area contributed by atoms with Crippen LogP contribution in [-0.4, -0.2) is 15.2 Å². The zero-order valence-corrected chi connectivity index (χ0v) is 15.5. The normalized spacial score (nSPS) is 15.3. The third-order valence-electron chi connectivity index (χ3n) is 4.49. The van der Waals surface area contributed by atoms with Gasteiger partial charge in [0.05, 0.1) is 15.2 Å². The minimum Gasteiger partial charge on any atom is -0.497 e. The summed E-state index contributed by atoms with van der Waals surface area (Å²) in [6.07, 6.45) is 7.71. The van der Waals surface area contributed by atoms with Crippen LogP contribution in [0.25, 0.3) is 0 Å². The van der Waals surface area contributed by atoms with Crippen molar-refractivity contribution in [1.82, 2.24) is 0 Å². The molecule has 0 bridgehead atoms. The van der Waals surface area contributed by atoms with Crippen molar-refractivity contribution in [3.8, 4) is 5.75 Å². The van der Waals surface area contributed by atoms with Gasteiger partial charge in [-0.3, -0.25) is 0 Å². The van der Waals surface area contributed by atoms with Gasteiger partial charge in [0.2, 0.25) is 0 Å². The highest BCUT2D eigenvalue weighted by molar-refractivity contribution is 6.89. The number of hydrogen-bond acceptors (Lipinski definition) is 1. The number of benzene rings is 1. The van der Waals surface area contributed by atoms with Crippen molar-refractivity contribution < 1.29 is 4.74 Å². The highest BCUT2D eigenvalue weighted by Crippen LogP contribution is 2.40. The van der Waals surface area contributed by atoms with Gasteiger partial charge < -0.3 is 4.74 Å². The molecule has 0 fully saturated rings. The van der Waals surface area contributed by atoms with Crippen LogP contribution < -0.4 is 9.92 Å².